The maximum absolute atomic E-state index is 13.3. The summed E-state index contributed by atoms with van der Waals surface area (Å²) in [5, 5.41) is 2.76. The number of methoxy groups -OCH3 is 1. The Labute approximate surface area is 186 Å². The second-order valence-corrected chi connectivity index (χ2v) is 7.89. The topological polar surface area (TPSA) is 100 Å². The Bertz CT molecular complexity index is 1220. The summed E-state index contributed by atoms with van der Waals surface area (Å²) < 4.78 is 9.58. The first-order valence-electron chi connectivity index (χ1n) is 11.0. The second kappa shape index (κ2) is 10.3. The zero-order chi connectivity index (χ0) is 23.3. The number of benzene rings is 1. The van der Waals surface area contributed by atoms with Crippen LogP contribution in [0.2, 0.25) is 0 Å². The molecule has 0 saturated carbocycles. The number of aryl methyl sites for hydroxylation is 3. The largest absolute Gasteiger partial charge is 0.495 e. The molecule has 9 nitrogen and oxygen atoms in total. The smallest absolute Gasteiger partial charge is 0.333 e. The van der Waals surface area contributed by atoms with Crippen molar-refractivity contribution in [1.29, 1.82) is 0 Å². The molecule has 0 radical (unpaired) electrons. The highest BCUT2D eigenvalue weighted by molar-refractivity contribution is 5.92. The Morgan fingerprint density at radius 2 is 1.81 bits per heavy atom. The van der Waals surface area contributed by atoms with E-state index in [1.165, 1.54) is 11.7 Å². The van der Waals surface area contributed by atoms with E-state index in [9.17, 15) is 14.4 Å². The van der Waals surface area contributed by atoms with Gasteiger partial charge < -0.3 is 14.6 Å². The quantitative estimate of drug-likeness (QED) is 0.521. The molecular weight excluding hydrogens is 410 g/mol. The molecule has 0 aliphatic heterocycles. The van der Waals surface area contributed by atoms with E-state index in [2.05, 4.69) is 17.2 Å². The van der Waals surface area contributed by atoms with Gasteiger partial charge in [-0.25, -0.2) is 14.3 Å². The molecule has 3 aromatic rings. The molecule has 0 fully saturated rings. The van der Waals surface area contributed by atoms with Gasteiger partial charge in [-0.1, -0.05) is 32.8 Å². The third-order valence-corrected chi connectivity index (χ3v) is 5.40. The van der Waals surface area contributed by atoms with Crippen LogP contribution in [-0.2, 0) is 24.4 Å². The number of aromatic nitrogens is 4. The molecule has 0 bridgehead atoms. The first-order chi connectivity index (χ1) is 15.4. The predicted octanol–water partition coefficient (Wildman–Crippen LogP) is 2.92. The molecule has 0 unspecified atom stereocenters. The first kappa shape index (κ1) is 23.3. The van der Waals surface area contributed by atoms with Gasteiger partial charge in [0.15, 0.2) is 11.2 Å². The monoisotopic (exact) mass is 441 g/mol. The van der Waals surface area contributed by atoms with E-state index in [0.29, 0.717) is 35.7 Å². The number of nitrogens with one attached hydrogen (secondary N) is 1. The van der Waals surface area contributed by atoms with Crippen molar-refractivity contribution in [3.8, 4) is 5.75 Å². The Balaban J connectivity index is 2.03. The summed E-state index contributed by atoms with van der Waals surface area (Å²) in [7, 11) is 1.52. The van der Waals surface area contributed by atoms with Gasteiger partial charge in [0.05, 0.1) is 19.1 Å². The van der Waals surface area contributed by atoms with Gasteiger partial charge in [0, 0.05) is 13.1 Å². The van der Waals surface area contributed by atoms with Crippen molar-refractivity contribution in [1.82, 2.24) is 18.7 Å². The van der Waals surface area contributed by atoms with E-state index in [1.807, 2.05) is 19.9 Å². The van der Waals surface area contributed by atoms with E-state index < -0.39 is 23.7 Å². The number of anilines is 1. The van der Waals surface area contributed by atoms with Crippen molar-refractivity contribution in [2.45, 2.75) is 66.1 Å². The Morgan fingerprint density at radius 3 is 2.50 bits per heavy atom. The van der Waals surface area contributed by atoms with Gasteiger partial charge >= 0.3 is 5.69 Å². The molecule has 1 aromatic carbocycles. The molecule has 0 aliphatic carbocycles. The molecule has 1 N–H and O–H groups in total. The summed E-state index contributed by atoms with van der Waals surface area (Å²) in [5.41, 5.74) is 1.14. The highest BCUT2D eigenvalue weighted by Gasteiger charge is 2.20. The molecular formula is C23H31N5O4. The van der Waals surface area contributed by atoms with Crippen molar-refractivity contribution in [3.63, 3.8) is 0 Å². The number of imidazole rings is 1. The molecule has 0 aliphatic rings. The van der Waals surface area contributed by atoms with Gasteiger partial charge in [-0.3, -0.25) is 14.2 Å². The number of amides is 1. The van der Waals surface area contributed by atoms with Crippen LogP contribution in [0, 0.1) is 6.92 Å². The van der Waals surface area contributed by atoms with Gasteiger partial charge in [-0.05, 0) is 37.5 Å². The summed E-state index contributed by atoms with van der Waals surface area (Å²) in [6.07, 6.45) is 5.10. The van der Waals surface area contributed by atoms with Crippen LogP contribution < -0.4 is 21.3 Å². The second-order valence-electron chi connectivity index (χ2n) is 7.89. The zero-order valence-electron chi connectivity index (χ0n) is 19.2. The Hall–Kier alpha value is -3.36. The molecule has 9 heteroatoms. The average Bonchev–Trinajstić information content (AvgIpc) is 3.19. The lowest BCUT2D eigenvalue weighted by Gasteiger charge is -2.14. The van der Waals surface area contributed by atoms with Crippen molar-refractivity contribution >= 4 is 22.8 Å². The van der Waals surface area contributed by atoms with Crippen LogP contribution in [0.25, 0.3) is 11.2 Å². The van der Waals surface area contributed by atoms with Crippen LogP contribution >= 0.6 is 0 Å². The average molecular weight is 442 g/mol. The Morgan fingerprint density at radius 1 is 1.09 bits per heavy atom. The van der Waals surface area contributed by atoms with E-state index in [0.717, 1.165) is 35.8 Å². The van der Waals surface area contributed by atoms with Crippen LogP contribution in [0.3, 0.4) is 0 Å². The maximum Gasteiger partial charge on any atom is 0.333 e. The SMILES string of the molecule is CCCCn1cnc2c1c(=O)n(CC(=O)Nc1cc(C)ccc1OC)c(=O)n2CCCC. The highest BCUT2D eigenvalue weighted by atomic mass is 16.5. The van der Waals surface area contributed by atoms with E-state index in [-0.39, 0.29) is 0 Å². The number of unbranched alkanes of at least 4 members (excludes halogenated alkanes) is 2. The molecule has 2 aromatic heterocycles. The van der Waals surface area contributed by atoms with Crippen LogP contribution in [-0.4, -0.2) is 31.7 Å². The lowest BCUT2D eigenvalue weighted by Crippen LogP contribution is -2.43. The number of nitrogens with zero attached hydrogens (tertiary/aromatic N) is 4. The predicted molar refractivity (Wildman–Crippen MR) is 124 cm³/mol. The number of hydrogen-bond donors (Lipinski definition) is 1. The molecule has 32 heavy (non-hydrogen) atoms. The van der Waals surface area contributed by atoms with Crippen molar-refractivity contribution in [2.24, 2.45) is 0 Å². The number of rotatable bonds is 10. The molecule has 2 heterocycles. The third kappa shape index (κ3) is 4.76. The standard InChI is InChI=1S/C23H31N5O4/c1-5-7-11-26-15-24-21-20(26)22(30)28(23(31)27(21)12-8-6-2)14-19(29)25-17-13-16(3)9-10-18(17)32-4/h9-10,13,15H,5-8,11-12,14H2,1-4H3,(H,25,29). The third-order valence-electron chi connectivity index (χ3n) is 5.40. The maximum atomic E-state index is 13.3. The summed E-state index contributed by atoms with van der Waals surface area (Å²) in [6, 6.07) is 5.41. The van der Waals surface area contributed by atoms with Gasteiger partial charge in [0.25, 0.3) is 5.56 Å². The molecule has 3 rings (SSSR count). The molecule has 0 atom stereocenters. The van der Waals surface area contributed by atoms with E-state index in [1.54, 1.807) is 23.0 Å². The first-order valence-corrected chi connectivity index (χ1v) is 11.0. The minimum atomic E-state index is -0.525. The van der Waals surface area contributed by atoms with Crippen LogP contribution in [0.15, 0.2) is 34.1 Å². The fraction of sp³-hybridized carbons (Fsp3) is 0.478. The lowest BCUT2D eigenvalue weighted by atomic mass is 10.2. The van der Waals surface area contributed by atoms with Crippen LogP contribution in [0.5, 0.6) is 5.75 Å². The summed E-state index contributed by atoms with van der Waals surface area (Å²) in [5.74, 6) is 0.0267. The number of ether oxygens (including phenoxy) is 1. The molecule has 0 spiro atoms. The van der Waals surface area contributed by atoms with Crippen molar-refractivity contribution in [2.75, 3.05) is 12.4 Å². The number of carbonyl (C=O) groups excluding carboxylic acids is 1. The van der Waals surface area contributed by atoms with Crippen LogP contribution in [0.4, 0.5) is 5.69 Å². The summed E-state index contributed by atoms with van der Waals surface area (Å²) in [4.78, 5) is 43.6. The number of fused-ring (bicyclic) bond motifs is 1. The minimum Gasteiger partial charge on any atom is -0.495 e. The van der Waals surface area contributed by atoms with Crippen molar-refractivity contribution in [3.05, 3.63) is 50.9 Å². The summed E-state index contributed by atoms with van der Waals surface area (Å²) >= 11 is 0. The van der Waals surface area contributed by atoms with Gasteiger partial charge in [-0.2, -0.15) is 0 Å². The molecule has 172 valence electrons. The van der Waals surface area contributed by atoms with E-state index in [4.69, 9.17) is 4.74 Å². The number of hydrogen-bond acceptors (Lipinski definition) is 5. The normalized spacial score (nSPS) is 11.1. The van der Waals surface area contributed by atoms with Crippen molar-refractivity contribution < 1.29 is 9.53 Å². The zero-order valence-corrected chi connectivity index (χ0v) is 19.2. The number of carbonyl (C=O) groups is 1. The molecule has 1 amide bonds. The fourth-order valence-electron chi connectivity index (χ4n) is 3.65. The van der Waals surface area contributed by atoms with E-state index >= 15 is 0 Å². The van der Waals surface area contributed by atoms with Crippen LogP contribution in [0.1, 0.15) is 45.1 Å². The molecule has 0 saturated heterocycles. The fourth-order valence-corrected chi connectivity index (χ4v) is 3.65. The summed E-state index contributed by atoms with van der Waals surface area (Å²) in [6.45, 7) is 6.66. The van der Waals surface area contributed by atoms with Gasteiger partial charge in [0.1, 0.15) is 12.3 Å². The van der Waals surface area contributed by atoms with Gasteiger partial charge in [0.2, 0.25) is 5.91 Å². The van der Waals surface area contributed by atoms with Gasteiger partial charge in [-0.15, -0.1) is 0 Å². The Kier molecular flexibility index (Phi) is 7.50. The highest BCUT2D eigenvalue weighted by Crippen LogP contribution is 2.25. The minimum absolute atomic E-state index is 0.357. The lowest BCUT2D eigenvalue weighted by molar-refractivity contribution is -0.116.